The molecular formula is C18H21N3OS. The molecule has 1 heterocycles. The molecule has 1 saturated carbocycles. The van der Waals surface area contributed by atoms with Crippen LogP contribution in [0.5, 0.6) is 0 Å². The molecule has 4 nitrogen and oxygen atoms in total. The van der Waals surface area contributed by atoms with Crippen molar-refractivity contribution in [2.24, 2.45) is 5.92 Å². The number of benzene rings is 1. The second-order valence-electron chi connectivity index (χ2n) is 5.74. The van der Waals surface area contributed by atoms with E-state index in [2.05, 4.69) is 22.4 Å². The quantitative estimate of drug-likeness (QED) is 0.828. The van der Waals surface area contributed by atoms with E-state index in [0.29, 0.717) is 0 Å². The van der Waals surface area contributed by atoms with Gasteiger partial charge in [0.1, 0.15) is 5.03 Å². The predicted molar refractivity (Wildman–Crippen MR) is 94.5 cm³/mol. The molecule has 5 heteroatoms. The van der Waals surface area contributed by atoms with Crippen molar-refractivity contribution in [1.82, 2.24) is 10.2 Å². The fraction of sp³-hybridized carbons (Fsp3) is 0.389. The number of anilines is 1. The Bertz CT molecular complexity index is 666. The van der Waals surface area contributed by atoms with Gasteiger partial charge < -0.3 is 5.32 Å². The van der Waals surface area contributed by atoms with Crippen LogP contribution in [0.4, 0.5) is 5.69 Å². The van der Waals surface area contributed by atoms with Crippen LogP contribution in [0.2, 0.25) is 0 Å². The van der Waals surface area contributed by atoms with E-state index in [1.807, 2.05) is 36.4 Å². The molecule has 0 spiro atoms. The van der Waals surface area contributed by atoms with Gasteiger partial charge in [-0.15, -0.1) is 22.0 Å². The zero-order valence-corrected chi connectivity index (χ0v) is 14.1. The monoisotopic (exact) mass is 327 g/mol. The summed E-state index contributed by atoms with van der Waals surface area (Å²) in [6, 6.07) is 11.8. The van der Waals surface area contributed by atoms with Gasteiger partial charge in [0.2, 0.25) is 5.91 Å². The lowest BCUT2D eigenvalue weighted by Gasteiger charge is -2.11. The smallest absolute Gasteiger partial charge is 0.227 e. The number of rotatable bonds is 5. The summed E-state index contributed by atoms with van der Waals surface area (Å²) in [6.45, 7) is 2.09. The third kappa shape index (κ3) is 4.10. The van der Waals surface area contributed by atoms with E-state index in [0.717, 1.165) is 53.4 Å². The van der Waals surface area contributed by atoms with E-state index in [4.69, 9.17) is 0 Å². The first-order valence-electron chi connectivity index (χ1n) is 8.14. The summed E-state index contributed by atoms with van der Waals surface area (Å²) in [5.74, 6) is 1.29. The van der Waals surface area contributed by atoms with E-state index >= 15 is 0 Å². The largest absolute Gasteiger partial charge is 0.326 e. The zero-order chi connectivity index (χ0) is 16.1. The number of carbonyl (C=O) groups is 1. The Hall–Kier alpha value is -1.88. The Morgan fingerprint density at radius 3 is 2.74 bits per heavy atom. The molecule has 2 aromatic rings. The molecule has 0 unspecified atom stereocenters. The van der Waals surface area contributed by atoms with Gasteiger partial charge in [-0.2, -0.15) is 0 Å². The van der Waals surface area contributed by atoms with Crippen LogP contribution >= 0.6 is 11.8 Å². The van der Waals surface area contributed by atoms with E-state index in [9.17, 15) is 4.79 Å². The van der Waals surface area contributed by atoms with Gasteiger partial charge in [-0.1, -0.05) is 31.9 Å². The number of carbonyl (C=O) groups excluding carboxylic acids is 1. The minimum Gasteiger partial charge on any atom is -0.326 e. The third-order valence-corrected chi connectivity index (χ3v) is 4.89. The molecule has 0 aliphatic heterocycles. The predicted octanol–water partition coefficient (Wildman–Crippen LogP) is 4.38. The maximum atomic E-state index is 12.2. The number of aromatic nitrogens is 2. The normalized spacial score (nSPS) is 14.8. The summed E-state index contributed by atoms with van der Waals surface area (Å²) in [6.07, 6.45) is 4.34. The van der Waals surface area contributed by atoms with E-state index in [1.165, 1.54) is 0 Å². The molecule has 23 heavy (non-hydrogen) atoms. The van der Waals surface area contributed by atoms with Gasteiger partial charge in [-0.25, -0.2) is 0 Å². The molecular weight excluding hydrogens is 306 g/mol. The highest BCUT2D eigenvalue weighted by atomic mass is 32.2. The van der Waals surface area contributed by atoms with Gasteiger partial charge in [0.25, 0.3) is 0 Å². The number of amides is 1. The molecule has 1 N–H and O–H groups in total. The molecule has 0 atom stereocenters. The summed E-state index contributed by atoms with van der Waals surface area (Å²) in [4.78, 5) is 12.2. The van der Waals surface area contributed by atoms with Crippen LogP contribution < -0.4 is 5.32 Å². The van der Waals surface area contributed by atoms with Crippen molar-refractivity contribution in [3.8, 4) is 11.3 Å². The fourth-order valence-corrected chi connectivity index (χ4v) is 3.45. The lowest BCUT2D eigenvalue weighted by Crippen LogP contribution is -2.20. The van der Waals surface area contributed by atoms with Crippen LogP contribution in [-0.2, 0) is 4.79 Å². The van der Waals surface area contributed by atoms with Crippen molar-refractivity contribution in [3.63, 3.8) is 0 Å². The first kappa shape index (κ1) is 16.0. The molecule has 1 amide bonds. The summed E-state index contributed by atoms with van der Waals surface area (Å²) >= 11 is 1.67. The second kappa shape index (κ2) is 7.59. The lowest BCUT2D eigenvalue weighted by molar-refractivity contribution is -0.119. The Morgan fingerprint density at radius 1 is 1.22 bits per heavy atom. The highest BCUT2D eigenvalue weighted by Gasteiger charge is 2.22. The first-order chi connectivity index (χ1) is 11.3. The average Bonchev–Trinajstić information content (AvgIpc) is 3.11. The van der Waals surface area contributed by atoms with Gasteiger partial charge in [-0.3, -0.25) is 4.79 Å². The van der Waals surface area contributed by atoms with Crippen LogP contribution in [0, 0.1) is 5.92 Å². The molecule has 1 aliphatic rings. The van der Waals surface area contributed by atoms with E-state index in [-0.39, 0.29) is 11.8 Å². The topological polar surface area (TPSA) is 54.9 Å². The maximum absolute atomic E-state index is 12.2. The van der Waals surface area contributed by atoms with Crippen LogP contribution in [0.3, 0.4) is 0 Å². The van der Waals surface area contributed by atoms with Gasteiger partial charge >= 0.3 is 0 Å². The molecule has 0 saturated heterocycles. The second-order valence-corrected chi connectivity index (χ2v) is 7.03. The number of hydrogen-bond donors (Lipinski definition) is 1. The average molecular weight is 327 g/mol. The first-order valence-corrected chi connectivity index (χ1v) is 9.12. The van der Waals surface area contributed by atoms with Crippen LogP contribution in [0.1, 0.15) is 32.6 Å². The maximum Gasteiger partial charge on any atom is 0.227 e. The van der Waals surface area contributed by atoms with Crippen molar-refractivity contribution in [2.75, 3.05) is 11.1 Å². The van der Waals surface area contributed by atoms with E-state index in [1.54, 1.807) is 11.8 Å². The Labute approximate surface area is 141 Å². The Balaban J connectivity index is 1.72. The van der Waals surface area contributed by atoms with Crippen molar-refractivity contribution < 1.29 is 4.79 Å². The summed E-state index contributed by atoms with van der Waals surface area (Å²) in [7, 11) is 0. The number of nitrogens with zero attached hydrogens (tertiary/aromatic N) is 2. The van der Waals surface area contributed by atoms with Gasteiger partial charge in [0, 0.05) is 17.2 Å². The number of nitrogens with one attached hydrogen (secondary N) is 1. The van der Waals surface area contributed by atoms with Crippen LogP contribution in [0.25, 0.3) is 11.3 Å². The zero-order valence-electron chi connectivity index (χ0n) is 13.3. The molecule has 1 aromatic carbocycles. The fourth-order valence-electron chi connectivity index (χ4n) is 2.89. The molecule has 0 bridgehead atoms. The van der Waals surface area contributed by atoms with Crippen molar-refractivity contribution in [2.45, 2.75) is 37.6 Å². The summed E-state index contributed by atoms with van der Waals surface area (Å²) in [5.41, 5.74) is 2.62. The van der Waals surface area contributed by atoms with Crippen molar-refractivity contribution >= 4 is 23.4 Å². The van der Waals surface area contributed by atoms with Gasteiger partial charge in [-0.05, 0) is 42.9 Å². The molecule has 1 aliphatic carbocycles. The third-order valence-electron chi connectivity index (χ3n) is 4.08. The van der Waals surface area contributed by atoms with Crippen LogP contribution in [-0.4, -0.2) is 21.9 Å². The van der Waals surface area contributed by atoms with Crippen molar-refractivity contribution in [3.05, 3.63) is 36.4 Å². The Morgan fingerprint density at radius 2 is 2.04 bits per heavy atom. The SMILES string of the molecule is CCSc1ccc(-c2cccc(NC(=O)C3CCCC3)c2)nn1. The number of thioether (sulfide) groups is 1. The van der Waals surface area contributed by atoms with Crippen molar-refractivity contribution in [1.29, 1.82) is 0 Å². The highest BCUT2D eigenvalue weighted by Crippen LogP contribution is 2.27. The molecule has 120 valence electrons. The highest BCUT2D eigenvalue weighted by molar-refractivity contribution is 7.99. The lowest BCUT2D eigenvalue weighted by atomic mass is 10.1. The molecule has 3 rings (SSSR count). The summed E-state index contributed by atoms with van der Waals surface area (Å²) < 4.78 is 0. The standard InChI is InChI=1S/C18H21N3OS/c1-2-23-17-11-10-16(20-21-17)14-8-5-9-15(12-14)19-18(22)13-6-3-4-7-13/h5,8-13H,2-4,6-7H2,1H3,(H,19,22). The van der Waals surface area contributed by atoms with Crippen LogP contribution in [0.15, 0.2) is 41.4 Å². The minimum absolute atomic E-state index is 0.139. The molecule has 0 radical (unpaired) electrons. The molecule has 1 aromatic heterocycles. The van der Waals surface area contributed by atoms with Gasteiger partial charge in [0.05, 0.1) is 5.69 Å². The Kier molecular flexibility index (Phi) is 5.28. The minimum atomic E-state index is 0.139. The van der Waals surface area contributed by atoms with E-state index < -0.39 is 0 Å². The number of hydrogen-bond acceptors (Lipinski definition) is 4. The summed E-state index contributed by atoms with van der Waals surface area (Å²) in [5, 5.41) is 12.5. The molecule has 1 fully saturated rings. The van der Waals surface area contributed by atoms with Gasteiger partial charge in [0.15, 0.2) is 0 Å².